The topological polar surface area (TPSA) is 97.1 Å². The van der Waals surface area contributed by atoms with Crippen molar-refractivity contribution < 1.29 is 22.8 Å². The van der Waals surface area contributed by atoms with E-state index in [0.717, 1.165) is 18.6 Å². The van der Waals surface area contributed by atoms with E-state index in [1.54, 1.807) is 12.1 Å². The highest BCUT2D eigenvalue weighted by Crippen LogP contribution is 2.30. The SMILES string of the molecule is C[C@@H]1CC[C@H](C(=O)N[C@@H](Cc2cc(F)cc(F)c2)c2ncccc2-c2ccc(F)c(C(N)=O)c2)N1. The lowest BCUT2D eigenvalue weighted by molar-refractivity contribution is -0.123. The van der Waals surface area contributed by atoms with Crippen molar-refractivity contribution in [2.45, 2.75) is 44.3 Å². The Morgan fingerprint density at radius 1 is 1.11 bits per heavy atom. The van der Waals surface area contributed by atoms with Gasteiger partial charge in [0, 0.05) is 23.9 Å². The number of rotatable bonds is 7. The quantitative estimate of drug-likeness (QED) is 0.477. The minimum absolute atomic E-state index is 0.0522. The summed E-state index contributed by atoms with van der Waals surface area (Å²) in [5.41, 5.74) is 6.73. The summed E-state index contributed by atoms with van der Waals surface area (Å²) in [6.45, 7) is 1.99. The van der Waals surface area contributed by atoms with Crippen LogP contribution in [-0.2, 0) is 11.2 Å². The maximum Gasteiger partial charge on any atom is 0.251 e. The van der Waals surface area contributed by atoms with Gasteiger partial charge in [0.2, 0.25) is 5.91 Å². The number of nitrogens with zero attached hydrogens (tertiary/aromatic N) is 1. The van der Waals surface area contributed by atoms with Crippen molar-refractivity contribution in [3.05, 3.63) is 89.0 Å². The van der Waals surface area contributed by atoms with Crippen molar-refractivity contribution in [3.63, 3.8) is 0 Å². The molecule has 4 rings (SSSR count). The van der Waals surface area contributed by atoms with Crippen molar-refractivity contribution in [2.24, 2.45) is 5.73 Å². The van der Waals surface area contributed by atoms with E-state index in [1.807, 2.05) is 6.92 Å². The van der Waals surface area contributed by atoms with Crippen LogP contribution < -0.4 is 16.4 Å². The first kappa shape index (κ1) is 24.4. The Bertz CT molecular complexity index is 1250. The van der Waals surface area contributed by atoms with E-state index < -0.39 is 35.4 Å². The highest BCUT2D eigenvalue weighted by molar-refractivity contribution is 5.94. The van der Waals surface area contributed by atoms with Crippen LogP contribution in [0, 0.1) is 17.5 Å². The zero-order valence-corrected chi connectivity index (χ0v) is 19.0. The van der Waals surface area contributed by atoms with Crippen LogP contribution in [0.1, 0.15) is 47.4 Å². The molecule has 3 atom stereocenters. The van der Waals surface area contributed by atoms with Crippen LogP contribution in [0.15, 0.2) is 54.7 Å². The molecule has 6 nitrogen and oxygen atoms in total. The van der Waals surface area contributed by atoms with E-state index in [1.165, 1.54) is 30.5 Å². The molecule has 0 spiro atoms. The number of nitrogens with two attached hydrogens (primary N) is 1. The minimum atomic E-state index is -0.920. The van der Waals surface area contributed by atoms with E-state index >= 15 is 0 Å². The first-order valence-corrected chi connectivity index (χ1v) is 11.3. The monoisotopic (exact) mass is 482 g/mol. The third-order valence-corrected chi connectivity index (χ3v) is 6.08. The molecule has 0 saturated carbocycles. The molecule has 0 aliphatic carbocycles. The fourth-order valence-electron chi connectivity index (χ4n) is 4.41. The minimum Gasteiger partial charge on any atom is -0.366 e. The van der Waals surface area contributed by atoms with Crippen LogP contribution in [0.5, 0.6) is 0 Å². The summed E-state index contributed by atoms with van der Waals surface area (Å²) in [6, 6.07) is 9.49. The number of nitrogens with one attached hydrogen (secondary N) is 2. The Hall–Kier alpha value is -3.72. The maximum atomic E-state index is 14.1. The Labute approximate surface area is 200 Å². The van der Waals surface area contributed by atoms with Crippen molar-refractivity contribution in [1.82, 2.24) is 15.6 Å². The summed E-state index contributed by atoms with van der Waals surface area (Å²) < 4.78 is 41.9. The number of primary amides is 1. The van der Waals surface area contributed by atoms with Crippen LogP contribution in [0.2, 0.25) is 0 Å². The molecule has 1 aliphatic heterocycles. The lowest BCUT2D eigenvalue weighted by Crippen LogP contribution is -2.44. The smallest absolute Gasteiger partial charge is 0.251 e. The van der Waals surface area contributed by atoms with E-state index in [-0.39, 0.29) is 23.9 Å². The summed E-state index contributed by atoms with van der Waals surface area (Å²) in [4.78, 5) is 29.2. The highest BCUT2D eigenvalue weighted by atomic mass is 19.1. The number of aromatic nitrogens is 1. The molecular weight excluding hydrogens is 457 g/mol. The second-order valence-corrected chi connectivity index (χ2v) is 8.74. The van der Waals surface area contributed by atoms with E-state index in [9.17, 15) is 22.8 Å². The number of carbonyl (C=O) groups excluding carboxylic acids is 2. The van der Waals surface area contributed by atoms with Crippen molar-refractivity contribution in [1.29, 1.82) is 0 Å². The fourth-order valence-corrected chi connectivity index (χ4v) is 4.41. The Morgan fingerprint density at radius 2 is 1.86 bits per heavy atom. The molecule has 0 bridgehead atoms. The van der Waals surface area contributed by atoms with Gasteiger partial charge in [0.15, 0.2) is 0 Å². The predicted molar refractivity (Wildman–Crippen MR) is 125 cm³/mol. The molecule has 1 saturated heterocycles. The Kier molecular flexibility index (Phi) is 7.16. The maximum absolute atomic E-state index is 14.1. The zero-order valence-electron chi connectivity index (χ0n) is 19.0. The number of carbonyl (C=O) groups is 2. The standard InChI is InChI=1S/C26H25F3N4O2/c1-14-4-7-22(32-14)26(35)33-23(11-15-9-17(27)13-18(28)10-15)24-19(3-2-8-31-24)16-5-6-21(29)20(12-16)25(30)34/h2-3,5-6,8-10,12-14,22-23,32H,4,7,11H2,1H3,(H2,30,34)(H,33,35)/t14-,22-,23+/m1/s1. The van der Waals surface area contributed by atoms with Crippen LogP contribution in [0.3, 0.4) is 0 Å². The van der Waals surface area contributed by atoms with Crippen LogP contribution in [0.4, 0.5) is 13.2 Å². The molecule has 1 fully saturated rings. The lowest BCUT2D eigenvalue weighted by atomic mass is 9.94. The second kappa shape index (κ2) is 10.3. The number of halogens is 3. The Morgan fingerprint density at radius 3 is 2.51 bits per heavy atom. The third kappa shape index (κ3) is 5.68. The third-order valence-electron chi connectivity index (χ3n) is 6.08. The van der Waals surface area contributed by atoms with Crippen molar-refractivity contribution >= 4 is 11.8 Å². The number of pyridine rings is 1. The molecule has 0 unspecified atom stereocenters. The number of hydrogen-bond acceptors (Lipinski definition) is 4. The average Bonchev–Trinajstić information content (AvgIpc) is 3.24. The molecule has 1 aromatic heterocycles. The van der Waals surface area contributed by atoms with Gasteiger partial charge >= 0.3 is 0 Å². The summed E-state index contributed by atoms with van der Waals surface area (Å²) in [5.74, 6) is -3.40. The summed E-state index contributed by atoms with van der Waals surface area (Å²) in [5, 5.41) is 6.19. The largest absolute Gasteiger partial charge is 0.366 e. The molecule has 2 amide bonds. The van der Waals surface area contributed by atoms with Crippen LogP contribution in [0.25, 0.3) is 11.1 Å². The molecular formula is C26H25F3N4O2. The molecule has 3 aromatic rings. The molecule has 9 heteroatoms. The molecule has 4 N–H and O–H groups in total. The van der Waals surface area contributed by atoms with Crippen LogP contribution >= 0.6 is 0 Å². The molecule has 35 heavy (non-hydrogen) atoms. The van der Waals surface area contributed by atoms with Crippen molar-refractivity contribution in [2.75, 3.05) is 0 Å². The van der Waals surface area contributed by atoms with Crippen LogP contribution in [-0.4, -0.2) is 28.9 Å². The van der Waals surface area contributed by atoms with Crippen molar-refractivity contribution in [3.8, 4) is 11.1 Å². The molecule has 182 valence electrons. The van der Waals surface area contributed by atoms with Gasteiger partial charge in [-0.2, -0.15) is 0 Å². The van der Waals surface area contributed by atoms with E-state index in [2.05, 4.69) is 15.6 Å². The summed E-state index contributed by atoms with van der Waals surface area (Å²) >= 11 is 0. The first-order valence-electron chi connectivity index (χ1n) is 11.3. The van der Waals surface area contributed by atoms with Gasteiger partial charge in [-0.3, -0.25) is 14.6 Å². The van der Waals surface area contributed by atoms with Gasteiger partial charge in [-0.25, -0.2) is 13.2 Å². The Balaban J connectivity index is 1.75. The predicted octanol–water partition coefficient (Wildman–Crippen LogP) is 3.81. The molecule has 2 heterocycles. The number of benzene rings is 2. The fraction of sp³-hybridized carbons (Fsp3) is 0.269. The average molecular weight is 483 g/mol. The lowest BCUT2D eigenvalue weighted by Gasteiger charge is -2.23. The van der Waals surface area contributed by atoms with Gasteiger partial charge in [-0.1, -0.05) is 12.1 Å². The normalized spacial score (nSPS) is 18.3. The van der Waals surface area contributed by atoms with Gasteiger partial charge in [0.05, 0.1) is 23.3 Å². The highest BCUT2D eigenvalue weighted by Gasteiger charge is 2.30. The number of amides is 2. The molecule has 2 aromatic carbocycles. The van der Waals surface area contributed by atoms with Gasteiger partial charge in [-0.05, 0) is 67.6 Å². The van der Waals surface area contributed by atoms with Gasteiger partial charge in [0.25, 0.3) is 5.91 Å². The van der Waals surface area contributed by atoms with E-state index in [0.29, 0.717) is 28.8 Å². The van der Waals surface area contributed by atoms with Gasteiger partial charge in [-0.15, -0.1) is 0 Å². The van der Waals surface area contributed by atoms with E-state index in [4.69, 9.17) is 5.73 Å². The number of hydrogen-bond donors (Lipinski definition) is 3. The van der Waals surface area contributed by atoms with Gasteiger partial charge < -0.3 is 16.4 Å². The second-order valence-electron chi connectivity index (χ2n) is 8.74. The molecule has 1 aliphatic rings. The summed E-state index contributed by atoms with van der Waals surface area (Å²) in [7, 11) is 0. The molecule has 0 radical (unpaired) electrons. The summed E-state index contributed by atoms with van der Waals surface area (Å²) in [6.07, 6.45) is 3.08. The first-order chi connectivity index (χ1) is 16.7. The van der Waals surface area contributed by atoms with Gasteiger partial charge in [0.1, 0.15) is 17.5 Å². The zero-order chi connectivity index (χ0) is 25.1.